The van der Waals surface area contributed by atoms with E-state index >= 15 is 14.4 Å². The molecule has 0 aliphatic carbocycles. The summed E-state index contributed by atoms with van der Waals surface area (Å²) in [7, 11) is 0. The summed E-state index contributed by atoms with van der Waals surface area (Å²) in [5.74, 6) is -4.69. The van der Waals surface area contributed by atoms with E-state index in [0.29, 0.717) is 108 Å². The number of nitrogens with zero attached hydrogens (tertiary/aromatic N) is 8. The molecular formula is C74H110N14O14S. The number of carbonyl (C=O) groups excluding carboxylic acids is 9. The lowest BCUT2D eigenvalue weighted by molar-refractivity contribution is -0.149. The molecule has 1 unspecified atom stereocenters. The molecule has 29 heteroatoms. The first-order valence-electron chi connectivity index (χ1n) is 35.7. The van der Waals surface area contributed by atoms with E-state index in [9.17, 15) is 38.7 Å². The van der Waals surface area contributed by atoms with E-state index in [-0.39, 0.29) is 92.0 Å². The lowest BCUT2D eigenvalue weighted by Gasteiger charge is -2.33. The van der Waals surface area contributed by atoms with Crippen LogP contribution in [0.25, 0.3) is 0 Å². The number of aliphatic carboxylic acids is 1. The number of amides is 9. The molecule has 0 radical (unpaired) electrons. The van der Waals surface area contributed by atoms with Gasteiger partial charge in [0.25, 0.3) is 0 Å². The number of carboxylic acid groups (broad SMARTS) is 1. The van der Waals surface area contributed by atoms with Gasteiger partial charge in [0.1, 0.15) is 19.3 Å². The quantitative estimate of drug-likeness (QED) is 0.0246. The Bertz CT molecular complexity index is 3240. The number of thioether (sulfide) groups is 1. The fourth-order valence-electron chi connectivity index (χ4n) is 11.2. The van der Waals surface area contributed by atoms with Gasteiger partial charge in [-0.15, -0.1) is 0 Å². The van der Waals surface area contributed by atoms with E-state index in [1.54, 1.807) is 13.0 Å². The fourth-order valence-corrected chi connectivity index (χ4v) is 11.7. The van der Waals surface area contributed by atoms with Gasteiger partial charge in [-0.1, -0.05) is 97.1 Å². The number of nitrogens with one attached hydrogen (secondary N) is 2. The lowest BCUT2D eigenvalue weighted by atomic mass is 10.1. The third kappa shape index (κ3) is 32.2. The van der Waals surface area contributed by atoms with Gasteiger partial charge in [0.05, 0.1) is 52.4 Å². The van der Waals surface area contributed by atoms with Gasteiger partial charge in [-0.05, 0) is 157 Å². The Hall–Kier alpha value is -8.71. The van der Waals surface area contributed by atoms with Crippen LogP contribution in [0.2, 0.25) is 0 Å². The molecule has 0 saturated heterocycles. The first kappa shape index (κ1) is 84.9. The molecule has 9 amide bonds. The minimum atomic E-state index is -1.21. The topological polar surface area (TPSA) is 373 Å². The number of hydrogen-bond acceptors (Lipinski definition) is 19. The van der Waals surface area contributed by atoms with E-state index in [1.165, 1.54) is 51.0 Å². The summed E-state index contributed by atoms with van der Waals surface area (Å²) in [6.07, 6.45) is 6.53. The average molecular weight is 1450 g/mol. The van der Waals surface area contributed by atoms with Crippen LogP contribution >= 0.6 is 11.8 Å². The number of carbonyl (C=O) groups is 10. The number of carboxylic acids is 1. The predicted octanol–water partition coefficient (Wildman–Crippen LogP) is 2.13. The molecule has 28 nitrogen and oxygen atoms in total. The Morgan fingerprint density at radius 2 is 0.816 bits per heavy atom. The second-order valence-corrected chi connectivity index (χ2v) is 26.1. The molecule has 0 spiro atoms. The normalized spacial score (nSPS) is 11.7. The summed E-state index contributed by atoms with van der Waals surface area (Å²) in [5, 5.41) is 15.5. The van der Waals surface area contributed by atoms with Crippen molar-refractivity contribution >= 4 is 70.9 Å². The number of rotatable bonds is 53. The van der Waals surface area contributed by atoms with Crippen LogP contribution in [0.3, 0.4) is 0 Å². The Morgan fingerprint density at radius 3 is 1.17 bits per heavy atom. The zero-order valence-corrected chi connectivity index (χ0v) is 61.0. The zero-order valence-electron chi connectivity index (χ0n) is 60.2. The summed E-state index contributed by atoms with van der Waals surface area (Å²) in [6, 6.07) is 32.4. The number of benzene rings is 4. The molecule has 0 saturated carbocycles. The largest absolute Gasteiger partial charge is 0.480 e. The van der Waals surface area contributed by atoms with Crippen LogP contribution < -0.4 is 43.0 Å². The van der Waals surface area contributed by atoms with Crippen molar-refractivity contribution in [1.29, 1.82) is 0 Å². The molecule has 0 fully saturated rings. The molecule has 1 aliphatic heterocycles. The van der Waals surface area contributed by atoms with Gasteiger partial charge in [-0.3, -0.25) is 43.2 Å². The van der Waals surface area contributed by atoms with Crippen LogP contribution in [-0.4, -0.2) is 273 Å². The van der Waals surface area contributed by atoms with E-state index in [4.69, 9.17) is 37.1 Å². The van der Waals surface area contributed by atoms with E-state index in [0.717, 1.165) is 22.3 Å². The van der Waals surface area contributed by atoms with Crippen LogP contribution in [-0.2, 0) is 78.5 Å². The molecule has 566 valence electrons. The third-order valence-corrected chi connectivity index (χ3v) is 17.9. The number of hydrogen-bond donors (Lipinski definition) is 7. The molecule has 103 heavy (non-hydrogen) atoms. The minimum Gasteiger partial charge on any atom is -0.480 e. The van der Waals surface area contributed by atoms with Gasteiger partial charge in [0, 0.05) is 59.0 Å². The second-order valence-electron chi connectivity index (χ2n) is 25.1. The van der Waals surface area contributed by atoms with Crippen molar-refractivity contribution < 1.29 is 67.3 Å². The van der Waals surface area contributed by atoms with Crippen LogP contribution in [0.1, 0.15) is 87.0 Å². The minimum absolute atomic E-state index is 0.0157. The monoisotopic (exact) mass is 1450 g/mol. The maximum absolute atomic E-state index is 15.2. The number of unbranched alkanes of at least 4 members (excludes halogenated alkanes) is 4. The molecule has 0 bridgehead atoms. The molecule has 5 rings (SSSR count). The summed E-state index contributed by atoms with van der Waals surface area (Å²) in [6.45, 7) is -0.212. The van der Waals surface area contributed by atoms with Crippen molar-refractivity contribution in [3.05, 3.63) is 131 Å². The Kier molecular flexibility index (Phi) is 40.4. The van der Waals surface area contributed by atoms with Gasteiger partial charge in [0.2, 0.25) is 60.0 Å². The van der Waals surface area contributed by atoms with E-state index in [2.05, 4.69) is 10.6 Å². The van der Waals surface area contributed by atoms with Crippen molar-refractivity contribution in [3.8, 4) is 11.5 Å². The van der Waals surface area contributed by atoms with Crippen LogP contribution in [0.5, 0.6) is 11.5 Å². The van der Waals surface area contributed by atoms with E-state index < -0.39 is 118 Å². The van der Waals surface area contributed by atoms with Crippen LogP contribution in [0, 0.1) is 0 Å². The maximum Gasteiger partial charge on any atom is 0.326 e. The molecule has 0 aromatic heterocycles. The molecule has 4 aromatic carbocycles. The smallest absolute Gasteiger partial charge is 0.326 e. The summed E-state index contributed by atoms with van der Waals surface area (Å²) >= 11 is 1.43. The fraction of sp³-hybridized carbons (Fsp3) is 0.541. The highest BCUT2D eigenvalue weighted by Crippen LogP contribution is 2.32. The first-order valence-corrected chi connectivity index (χ1v) is 37.1. The molecule has 4 aromatic rings. The van der Waals surface area contributed by atoms with Crippen LogP contribution in [0.4, 0.5) is 0 Å². The van der Waals surface area contributed by atoms with Gasteiger partial charge in [0.15, 0.2) is 11.5 Å². The Morgan fingerprint density at radius 1 is 0.456 bits per heavy atom. The lowest BCUT2D eigenvalue weighted by Crippen LogP contribution is -2.53. The highest BCUT2D eigenvalue weighted by molar-refractivity contribution is 7.98. The predicted molar refractivity (Wildman–Crippen MR) is 395 cm³/mol. The summed E-state index contributed by atoms with van der Waals surface area (Å²) < 4.78 is 16.7. The molecule has 1 aliphatic rings. The highest BCUT2D eigenvalue weighted by atomic mass is 32.2. The number of fused-ring (bicyclic) bond motifs is 1. The van der Waals surface area contributed by atoms with Crippen molar-refractivity contribution in [2.24, 2.45) is 22.9 Å². The molecule has 1 atom stereocenters. The first-order chi connectivity index (χ1) is 49.9. The summed E-state index contributed by atoms with van der Waals surface area (Å²) in [4.78, 5) is 154. The van der Waals surface area contributed by atoms with Crippen LogP contribution in [0.15, 0.2) is 109 Å². The third-order valence-electron chi connectivity index (χ3n) is 17.2. The highest BCUT2D eigenvalue weighted by Gasteiger charge is 2.32. The second kappa shape index (κ2) is 49.0. The molecule has 11 N–H and O–H groups in total. The number of ether oxygens (including phenoxy) is 3. The van der Waals surface area contributed by atoms with Gasteiger partial charge < -0.3 is 92.1 Å². The molecular weight excluding hydrogens is 1340 g/mol. The maximum atomic E-state index is 15.2. The zero-order chi connectivity index (χ0) is 74.6. The standard InChI is InChI=1S/C74H110N14O14S/c1-3-100-56-88(66(90)47-79-46-61-27-28-63-64(45-61)102-57-101-63)55-73(97)87(43-31-60-25-11-6-12-26-60)54-72(96)86(42-30-59-23-9-5-10-24-59)53-70(94)84(40-20-16-36-78)51-71(95)85(41-29-58-21-7-4-8-22-58)52-69(93)83(39-19-15-35-77)50-68(92)82(38-18-14-34-76)49-67(91)81(37-17-13-33-75)48-65(89)80-62(74(98)99)32-44-103-2/h4-12,21-28,45,62,79H,3,13-20,29-44,46-57,75-78H2,1-2H3,(H,80,89)(H,98,99). The molecule has 1 heterocycles. The Balaban J connectivity index is 1.42. The Labute approximate surface area is 610 Å². The van der Waals surface area contributed by atoms with Crippen molar-refractivity contribution in [3.63, 3.8) is 0 Å². The average Bonchev–Trinajstić information content (AvgIpc) is 1.78. The van der Waals surface area contributed by atoms with Gasteiger partial charge in [-0.2, -0.15) is 11.8 Å². The van der Waals surface area contributed by atoms with E-state index in [1.807, 2.05) is 109 Å². The van der Waals surface area contributed by atoms with Crippen molar-refractivity contribution in [1.82, 2.24) is 49.8 Å². The number of nitrogens with two attached hydrogens (primary N) is 4. The van der Waals surface area contributed by atoms with Crippen molar-refractivity contribution in [2.45, 2.75) is 96.6 Å². The van der Waals surface area contributed by atoms with Gasteiger partial charge >= 0.3 is 5.97 Å². The SMILES string of the molecule is CCOCN(CC(=O)N(CCc1ccccc1)CC(=O)N(CCc1ccccc1)CC(=O)N(CCCCN)CC(=O)N(CCc1ccccc1)CC(=O)N(CCCCN)CC(=O)N(CCCCN)CC(=O)N(CCCCN)CC(=O)NC(CCSC)C(=O)O)C(=O)CNCc1ccc2c(c1)OCO2. The van der Waals surface area contributed by atoms with Crippen molar-refractivity contribution in [2.75, 3.05) is 163 Å². The summed E-state index contributed by atoms with van der Waals surface area (Å²) in [5.41, 5.74) is 27.1. The van der Waals surface area contributed by atoms with Gasteiger partial charge in [-0.25, -0.2) is 4.79 Å².